The Balaban J connectivity index is 2.46. The Bertz CT molecular complexity index is 800. The molecule has 136 valence electrons. The third-order valence-corrected chi connectivity index (χ3v) is 6.13. The Kier molecular flexibility index (Phi) is 5.56. The van der Waals surface area contributed by atoms with Gasteiger partial charge in [-0.05, 0) is 31.7 Å². The van der Waals surface area contributed by atoms with Crippen molar-refractivity contribution in [2.75, 3.05) is 26.7 Å². The van der Waals surface area contributed by atoms with Crippen molar-refractivity contribution in [2.24, 2.45) is 0 Å². The third kappa shape index (κ3) is 4.03. The number of likely N-dealkylation sites (N-methyl/N-ethyl adjacent to an activating group) is 1. The summed E-state index contributed by atoms with van der Waals surface area (Å²) in [7, 11) is -2.50. The second kappa shape index (κ2) is 7.15. The lowest BCUT2D eigenvalue weighted by Crippen LogP contribution is -2.53. The van der Waals surface area contributed by atoms with Crippen molar-refractivity contribution in [1.29, 1.82) is 5.26 Å². The van der Waals surface area contributed by atoms with E-state index in [2.05, 4.69) is 6.58 Å². The van der Waals surface area contributed by atoms with Crippen LogP contribution in [0.2, 0.25) is 0 Å². The summed E-state index contributed by atoms with van der Waals surface area (Å²) >= 11 is 0. The van der Waals surface area contributed by atoms with Gasteiger partial charge in [-0.3, -0.25) is 0 Å². The number of alkyl halides is 3. The summed E-state index contributed by atoms with van der Waals surface area (Å²) in [6.45, 7) is 4.22. The summed E-state index contributed by atoms with van der Waals surface area (Å²) < 4.78 is 66.6. The summed E-state index contributed by atoms with van der Waals surface area (Å²) in [6.07, 6.45) is -2.69. The summed E-state index contributed by atoms with van der Waals surface area (Å²) in [5, 5.41) is 8.80. The van der Waals surface area contributed by atoms with E-state index in [9.17, 15) is 21.6 Å². The second-order valence-electron chi connectivity index (χ2n) is 5.84. The summed E-state index contributed by atoms with van der Waals surface area (Å²) in [6, 6.07) is 3.97. The van der Waals surface area contributed by atoms with Crippen molar-refractivity contribution in [1.82, 2.24) is 9.21 Å². The van der Waals surface area contributed by atoms with Crippen LogP contribution in [0.25, 0.3) is 0 Å². The maximum atomic E-state index is 13.3. The minimum absolute atomic E-state index is 0.0855. The molecule has 1 saturated heterocycles. The molecule has 0 bridgehead atoms. The van der Waals surface area contributed by atoms with Gasteiger partial charge in [0.25, 0.3) is 0 Å². The molecule has 9 heteroatoms. The van der Waals surface area contributed by atoms with Crippen molar-refractivity contribution in [3.63, 3.8) is 0 Å². The molecule has 1 aliphatic heterocycles. The first-order valence-electron chi connectivity index (χ1n) is 7.54. The molecule has 0 radical (unpaired) electrons. The van der Waals surface area contributed by atoms with Crippen LogP contribution < -0.4 is 0 Å². The van der Waals surface area contributed by atoms with Gasteiger partial charge in [-0.1, -0.05) is 6.08 Å². The Morgan fingerprint density at radius 1 is 1.40 bits per heavy atom. The van der Waals surface area contributed by atoms with Gasteiger partial charge in [-0.15, -0.1) is 6.58 Å². The molecule has 1 unspecified atom stereocenters. The zero-order valence-electron chi connectivity index (χ0n) is 13.6. The third-order valence-electron chi connectivity index (χ3n) is 4.21. The molecule has 1 heterocycles. The molecular weight excluding hydrogens is 355 g/mol. The molecule has 0 amide bonds. The number of halogens is 3. The molecule has 0 aromatic heterocycles. The number of hydrogen-bond acceptors (Lipinski definition) is 4. The van der Waals surface area contributed by atoms with Gasteiger partial charge in [0.2, 0.25) is 10.0 Å². The van der Waals surface area contributed by atoms with Crippen LogP contribution in [-0.4, -0.2) is 50.3 Å². The maximum absolute atomic E-state index is 13.3. The number of benzene rings is 1. The molecule has 1 aliphatic rings. The van der Waals surface area contributed by atoms with Crippen LogP contribution in [0.15, 0.2) is 35.7 Å². The van der Waals surface area contributed by atoms with Crippen molar-refractivity contribution >= 4 is 10.0 Å². The molecule has 1 atom stereocenters. The van der Waals surface area contributed by atoms with Crippen LogP contribution in [0.5, 0.6) is 0 Å². The van der Waals surface area contributed by atoms with E-state index in [0.717, 1.165) is 16.4 Å². The van der Waals surface area contributed by atoms with Gasteiger partial charge in [0.15, 0.2) is 0 Å². The van der Waals surface area contributed by atoms with Gasteiger partial charge in [-0.25, -0.2) is 8.42 Å². The SMILES string of the molecule is C=CCC1CN(S(=O)(=O)c2ccc(C#N)cc2C(F)(F)F)CCN1C. The standard InChI is InChI=1S/C16H18F3N3O2S/c1-3-4-13-11-22(8-7-21(13)2)25(23,24)15-6-5-12(10-20)9-14(15)16(17,18)19/h3,5-6,9,13H,1,4,7-8,11H2,2H3. The molecule has 1 aromatic rings. The van der Waals surface area contributed by atoms with E-state index >= 15 is 0 Å². The van der Waals surface area contributed by atoms with Gasteiger partial charge in [0.05, 0.1) is 22.1 Å². The average molecular weight is 373 g/mol. The summed E-state index contributed by atoms with van der Waals surface area (Å²) in [5.74, 6) is 0. The predicted octanol–water partition coefficient (Wildman–Crippen LogP) is 2.46. The molecule has 0 aliphatic carbocycles. The Hall–Kier alpha value is -1.89. The van der Waals surface area contributed by atoms with Crippen LogP contribution in [-0.2, 0) is 16.2 Å². The fourth-order valence-corrected chi connectivity index (χ4v) is 4.43. The van der Waals surface area contributed by atoms with E-state index < -0.39 is 26.7 Å². The monoisotopic (exact) mass is 373 g/mol. The maximum Gasteiger partial charge on any atom is 0.417 e. The van der Waals surface area contributed by atoms with Crippen LogP contribution in [0.4, 0.5) is 13.2 Å². The second-order valence-corrected chi connectivity index (χ2v) is 7.75. The van der Waals surface area contributed by atoms with Crippen molar-refractivity contribution in [2.45, 2.75) is 23.5 Å². The minimum atomic E-state index is -4.87. The fourth-order valence-electron chi connectivity index (χ4n) is 2.77. The minimum Gasteiger partial charge on any atom is -0.300 e. The van der Waals surface area contributed by atoms with Crippen LogP contribution in [0, 0.1) is 11.3 Å². The predicted molar refractivity (Wildman–Crippen MR) is 86.1 cm³/mol. The van der Waals surface area contributed by atoms with Gasteiger partial charge < -0.3 is 4.90 Å². The zero-order chi connectivity index (χ0) is 18.8. The first kappa shape index (κ1) is 19.4. The highest BCUT2D eigenvalue weighted by molar-refractivity contribution is 7.89. The van der Waals surface area contributed by atoms with Crippen molar-refractivity contribution < 1.29 is 21.6 Å². The number of nitrogens with zero attached hydrogens (tertiary/aromatic N) is 3. The summed E-state index contributed by atoms with van der Waals surface area (Å²) in [4.78, 5) is 1.14. The molecule has 25 heavy (non-hydrogen) atoms. The normalized spacial score (nSPS) is 20.2. The van der Waals surface area contributed by atoms with E-state index in [1.165, 1.54) is 0 Å². The summed E-state index contributed by atoms with van der Waals surface area (Å²) in [5.41, 5.74) is -1.56. The lowest BCUT2D eigenvalue weighted by Gasteiger charge is -2.38. The largest absolute Gasteiger partial charge is 0.417 e. The van der Waals surface area contributed by atoms with Gasteiger partial charge in [0.1, 0.15) is 0 Å². The van der Waals surface area contributed by atoms with Gasteiger partial charge in [-0.2, -0.15) is 22.7 Å². The molecule has 5 nitrogen and oxygen atoms in total. The van der Waals surface area contributed by atoms with Gasteiger partial charge in [0, 0.05) is 25.7 Å². The zero-order valence-corrected chi connectivity index (χ0v) is 14.4. The molecule has 1 fully saturated rings. The number of rotatable bonds is 4. The highest BCUT2D eigenvalue weighted by Crippen LogP contribution is 2.36. The van der Waals surface area contributed by atoms with E-state index in [1.54, 1.807) is 12.1 Å². The topological polar surface area (TPSA) is 64.4 Å². The van der Waals surface area contributed by atoms with Crippen LogP contribution >= 0.6 is 0 Å². The van der Waals surface area contributed by atoms with Crippen molar-refractivity contribution in [3.8, 4) is 6.07 Å². The van der Waals surface area contributed by atoms with Crippen molar-refractivity contribution in [3.05, 3.63) is 42.0 Å². The van der Waals surface area contributed by atoms with Gasteiger partial charge >= 0.3 is 6.18 Å². The first-order valence-corrected chi connectivity index (χ1v) is 8.98. The Labute approximate surface area is 145 Å². The smallest absolute Gasteiger partial charge is 0.300 e. The highest BCUT2D eigenvalue weighted by atomic mass is 32.2. The molecule has 0 N–H and O–H groups in total. The molecule has 0 saturated carbocycles. The van der Waals surface area contributed by atoms with Crippen LogP contribution in [0.1, 0.15) is 17.5 Å². The van der Waals surface area contributed by atoms with Crippen LogP contribution in [0.3, 0.4) is 0 Å². The molecular formula is C16H18F3N3O2S. The highest BCUT2D eigenvalue weighted by Gasteiger charge is 2.40. The molecule has 1 aromatic carbocycles. The van der Waals surface area contributed by atoms with E-state index in [-0.39, 0.29) is 24.7 Å². The van der Waals surface area contributed by atoms with E-state index in [0.29, 0.717) is 19.0 Å². The lowest BCUT2D eigenvalue weighted by atomic mass is 10.1. The number of hydrogen-bond donors (Lipinski definition) is 0. The average Bonchev–Trinajstić information content (AvgIpc) is 2.55. The fraction of sp³-hybridized carbons (Fsp3) is 0.438. The Morgan fingerprint density at radius 2 is 2.08 bits per heavy atom. The van der Waals surface area contributed by atoms with E-state index in [1.807, 2.05) is 11.9 Å². The number of piperazine rings is 1. The number of nitriles is 1. The lowest BCUT2D eigenvalue weighted by molar-refractivity contribution is -0.139. The van der Waals surface area contributed by atoms with E-state index in [4.69, 9.17) is 5.26 Å². The first-order chi connectivity index (χ1) is 11.6. The Morgan fingerprint density at radius 3 is 2.64 bits per heavy atom. The molecule has 2 rings (SSSR count). The molecule has 0 spiro atoms. The quantitative estimate of drug-likeness (QED) is 0.761. The number of sulfonamides is 1.